The summed E-state index contributed by atoms with van der Waals surface area (Å²) >= 11 is 1.17. The van der Waals surface area contributed by atoms with E-state index in [4.69, 9.17) is 0 Å². The second-order valence-corrected chi connectivity index (χ2v) is 6.13. The molecule has 1 aromatic heterocycles. The highest BCUT2D eigenvalue weighted by atomic mass is 32.2. The van der Waals surface area contributed by atoms with E-state index in [1.54, 1.807) is 13.0 Å². The molecule has 7 nitrogen and oxygen atoms in total. The Kier molecular flexibility index (Phi) is 4.56. The maximum Gasteiger partial charge on any atom is 0.314 e. The first kappa shape index (κ1) is 15.4. The number of aryl methyl sites for hydroxylation is 1. The molecule has 1 saturated heterocycles. The number of carbonyl (C=O) groups excluding carboxylic acids is 2. The molecule has 1 aliphatic rings. The number of nitrogens with zero attached hydrogens (tertiary/aromatic N) is 3. The van der Waals surface area contributed by atoms with E-state index in [9.17, 15) is 19.7 Å². The molecular formula is C13H15N3O4S. The van der Waals surface area contributed by atoms with Gasteiger partial charge in [0, 0.05) is 37.4 Å². The van der Waals surface area contributed by atoms with Crippen molar-refractivity contribution < 1.29 is 14.5 Å². The van der Waals surface area contributed by atoms with Gasteiger partial charge in [-0.25, -0.2) is 4.98 Å². The zero-order valence-corrected chi connectivity index (χ0v) is 12.6. The van der Waals surface area contributed by atoms with Gasteiger partial charge in [-0.05, 0) is 18.9 Å². The fourth-order valence-electron chi connectivity index (χ4n) is 2.29. The van der Waals surface area contributed by atoms with Crippen LogP contribution in [0.15, 0.2) is 12.3 Å². The van der Waals surface area contributed by atoms with E-state index in [1.807, 2.05) is 0 Å². The molecule has 0 saturated carbocycles. The summed E-state index contributed by atoms with van der Waals surface area (Å²) < 4.78 is 0. The molecule has 0 radical (unpaired) electrons. The van der Waals surface area contributed by atoms with Gasteiger partial charge in [0.2, 0.25) is 11.7 Å². The van der Waals surface area contributed by atoms with E-state index in [1.165, 1.54) is 29.8 Å². The Morgan fingerprint density at radius 2 is 2.33 bits per heavy atom. The summed E-state index contributed by atoms with van der Waals surface area (Å²) in [5.74, 6) is 0.455. The lowest BCUT2D eigenvalue weighted by Gasteiger charge is -2.16. The molecule has 0 aliphatic carbocycles. The number of nitro groups is 1. The van der Waals surface area contributed by atoms with Gasteiger partial charge in [0.25, 0.3) is 0 Å². The summed E-state index contributed by atoms with van der Waals surface area (Å²) in [6.07, 6.45) is 1.75. The van der Waals surface area contributed by atoms with Crippen molar-refractivity contribution >= 4 is 34.3 Å². The highest BCUT2D eigenvalue weighted by molar-refractivity contribution is 8.13. The van der Waals surface area contributed by atoms with Crippen LogP contribution in [0.3, 0.4) is 0 Å². The van der Waals surface area contributed by atoms with Crippen LogP contribution in [-0.4, -0.2) is 33.2 Å². The molecule has 1 fully saturated rings. The van der Waals surface area contributed by atoms with Crippen LogP contribution in [0, 0.1) is 23.0 Å². The quantitative estimate of drug-likeness (QED) is 0.623. The standard InChI is InChI=1S/C13H15N3O4S/c1-8-3-4-14-13(12(8)16(19)20)15-6-10(5-11(15)18)7-21-9(2)17/h3-4,10H,5-7H2,1-2H3. The summed E-state index contributed by atoms with van der Waals surface area (Å²) in [6, 6.07) is 1.55. The average Bonchev–Trinajstić information content (AvgIpc) is 2.76. The number of rotatable bonds is 4. The second kappa shape index (κ2) is 6.21. The van der Waals surface area contributed by atoms with Crippen LogP contribution in [0.1, 0.15) is 18.9 Å². The van der Waals surface area contributed by atoms with Gasteiger partial charge in [-0.1, -0.05) is 11.8 Å². The van der Waals surface area contributed by atoms with Crippen molar-refractivity contribution in [2.45, 2.75) is 20.3 Å². The zero-order valence-electron chi connectivity index (χ0n) is 11.7. The molecule has 1 amide bonds. The predicted octanol–water partition coefficient (Wildman–Crippen LogP) is 1.93. The van der Waals surface area contributed by atoms with Gasteiger partial charge in [0.05, 0.1) is 4.92 Å². The molecule has 8 heteroatoms. The van der Waals surface area contributed by atoms with E-state index in [0.717, 1.165) is 0 Å². The van der Waals surface area contributed by atoms with Crippen LogP contribution in [0.2, 0.25) is 0 Å². The third-order valence-electron chi connectivity index (χ3n) is 3.27. The van der Waals surface area contributed by atoms with Crippen molar-refractivity contribution in [2.24, 2.45) is 5.92 Å². The minimum absolute atomic E-state index is 0.000519. The van der Waals surface area contributed by atoms with Gasteiger partial charge in [0.15, 0.2) is 5.12 Å². The Balaban J connectivity index is 2.23. The summed E-state index contributed by atoms with van der Waals surface area (Å²) in [6.45, 7) is 3.45. The molecule has 112 valence electrons. The van der Waals surface area contributed by atoms with E-state index in [2.05, 4.69) is 4.98 Å². The molecule has 2 heterocycles. The van der Waals surface area contributed by atoms with E-state index in [0.29, 0.717) is 17.9 Å². The Morgan fingerprint density at radius 1 is 1.62 bits per heavy atom. The van der Waals surface area contributed by atoms with Crippen molar-refractivity contribution in [2.75, 3.05) is 17.2 Å². The summed E-state index contributed by atoms with van der Waals surface area (Å²) in [5.41, 5.74) is 0.338. The smallest absolute Gasteiger partial charge is 0.291 e. The molecule has 1 aromatic rings. The first-order valence-corrected chi connectivity index (χ1v) is 7.42. The van der Waals surface area contributed by atoms with Crippen LogP contribution in [0.25, 0.3) is 0 Å². The SMILES string of the molecule is CC(=O)SCC1CC(=O)N(c2nccc(C)c2[N+](=O)[O-])C1. The van der Waals surface area contributed by atoms with Gasteiger partial charge >= 0.3 is 5.69 Å². The molecule has 1 atom stereocenters. The number of aromatic nitrogens is 1. The predicted molar refractivity (Wildman–Crippen MR) is 79.2 cm³/mol. The molecule has 1 unspecified atom stereocenters. The van der Waals surface area contributed by atoms with Gasteiger partial charge in [-0.15, -0.1) is 0 Å². The first-order chi connectivity index (χ1) is 9.90. The molecule has 0 spiro atoms. The van der Waals surface area contributed by atoms with Gasteiger partial charge in [-0.3, -0.25) is 24.6 Å². The van der Waals surface area contributed by atoms with E-state index in [-0.39, 0.29) is 34.9 Å². The van der Waals surface area contributed by atoms with Crippen molar-refractivity contribution in [3.8, 4) is 0 Å². The van der Waals surface area contributed by atoms with Crippen molar-refractivity contribution in [1.82, 2.24) is 4.98 Å². The minimum atomic E-state index is -0.511. The molecular weight excluding hydrogens is 294 g/mol. The Labute approximate surface area is 125 Å². The molecule has 1 aliphatic heterocycles. The summed E-state index contributed by atoms with van der Waals surface area (Å²) in [5, 5.41) is 11.2. The molecule has 0 bridgehead atoms. The number of pyridine rings is 1. The van der Waals surface area contributed by atoms with E-state index >= 15 is 0 Å². The van der Waals surface area contributed by atoms with Crippen molar-refractivity contribution in [1.29, 1.82) is 0 Å². The Bertz CT molecular complexity index is 605. The Morgan fingerprint density at radius 3 is 2.95 bits per heavy atom. The highest BCUT2D eigenvalue weighted by Crippen LogP contribution is 2.33. The maximum atomic E-state index is 12.1. The lowest BCUT2D eigenvalue weighted by molar-refractivity contribution is -0.384. The molecule has 0 aromatic carbocycles. The Hall–Kier alpha value is -1.96. The number of anilines is 1. The summed E-state index contributed by atoms with van der Waals surface area (Å²) in [7, 11) is 0. The van der Waals surface area contributed by atoms with Gasteiger partial charge < -0.3 is 0 Å². The molecule has 2 rings (SSSR count). The number of carbonyl (C=O) groups is 2. The monoisotopic (exact) mass is 309 g/mol. The zero-order chi connectivity index (χ0) is 15.6. The minimum Gasteiger partial charge on any atom is -0.291 e. The topological polar surface area (TPSA) is 93.4 Å². The lowest BCUT2D eigenvalue weighted by Crippen LogP contribution is -2.27. The third kappa shape index (κ3) is 3.38. The second-order valence-electron chi connectivity index (χ2n) is 4.93. The van der Waals surface area contributed by atoms with Crippen LogP contribution >= 0.6 is 11.8 Å². The van der Waals surface area contributed by atoms with Gasteiger partial charge in [0.1, 0.15) is 0 Å². The molecule has 21 heavy (non-hydrogen) atoms. The van der Waals surface area contributed by atoms with Gasteiger partial charge in [-0.2, -0.15) is 0 Å². The fraction of sp³-hybridized carbons (Fsp3) is 0.462. The van der Waals surface area contributed by atoms with Crippen molar-refractivity contribution in [3.63, 3.8) is 0 Å². The van der Waals surface area contributed by atoms with E-state index < -0.39 is 4.92 Å². The first-order valence-electron chi connectivity index (χ1n) is 6.44. The average molecular weight is 309 g/mol. The maximum absolute atomic E-state index is 12.1. The number of amides is 1. The number of thioether (sulfide) groups is 1. The van der Waals surface area contributed by atoms with Crippen molar-refractivity contribution in [3.05, 3.63) is 27.9 Å². The van der Waals surface area contributed by atoms with Crippen LogP contribution in [0.5, 0.6) is 0 Å². The van der Waals surface area contributed by atoms with Crippen LogP contribution in [-0.2, 0) is 9.59 Å². The number of hydrogen-bond donors (Lipinski definition) is 0. The van der Waals surface area contributed by atoms with Crippen LogP contribution < -0.4 is 4.90 Å². The normalized spacial score (nSPS) is 18.1. The number of hydrogen-bond acceptors (Lipinski definition) is 6. The third-order valence-corrected chi connectivity index (χ3v) is 4.32. The summed E-state index contributed by atoms with van der Waals surface area (Å²) in [4.78, 5) is 39.1. The largest absolute Gasteiger partial charge is 0.314 e. The van der Waals surface area contributed by atoms with Crippen LogP contribution in [0.4, 0.5) is 11.5 Å². The fourth-order valence-corrected chi connectivity index (χ4v) is 2.99. The molecule has 0 N–H and O–H groups in total. The lowest BCUT2D eigenvalue weighted by atomic mass is 10.1. The highest BCUT2D eigenvalue weighted by Gasteiger charge is 2.35.